The smallest absolute Gasteiger partial charge is 0.217 e. The van der Waals surface area contributed by atoms with Crippen LogP contribution in [0.1, 0.15) is 12.6 Å². The Morgan fingerprint density at radius 2 is 2.58 bits per heavy atom. The lowest BCUT2D eigenvalue weighted by Crippen LogP contribution is -2.19. The van der Waals surface area contributed by atoms with Crippen LogP contribution in [0.2, 0.25) is 0 Å². The summed E-state index contributed by atoms with van der Waals surface area (Å²) in [5, 5.41) is 2.67. The largest absolute Gasteiger partial charge is 0.362 e. The Morgan fingerprint density at radius 3 is 3.17 bits per heavy atom. The molecule has 1 aromatic rings. The van der Waals surface area contributed by atoms with E-state index in [9.17, 15) is 4.79 Å². The van der Waals surface area contributed by atoms with Gasteiger partial charge >= 0.3 is 0 Å². The van der Waals surface area contributed by atoms with Crippen LogP contribution in [0, 0.1) is 0 Å². The Balaban J connectivity index is 2.27. The molecule has 1 rings (SSSR count). The second kappa shape index (κ2) is 4.38. The first kappa shape index (κ1) is 8.59. The molecule has 1 aromatic heterocycles. The van der Waals surface area contributed by atoms with Crippen LogP contribution in [0.3, 0.4) is 0 Å². The Morgan fingerprint density at radius 1 is 1.75 bits per heavy atom. The van der Waals surface area contributed by atoms with Gasteiger partial charge in [0.15, 0.2) is 0 Å². The average molecular weight is 164 g/mol. The van der Waals surface area contributed by atoms with Crippen LogP contribution in [0.5, 0.6) is 0 Å². The molecule has 1 heterocycles. The van der Waals surface area contributed by atoms with Crippen molar-refractivity contribution in [2.24, 2.45) is 0 Å². The van der Waals surface area contributed by atoms with Crippen molar-refractivity contribution in [2.45, 2.75) is 6.92 Å². The molecule has 0 aromatic carbocycles. The molecule has 0 unspecified atom stereocenters. The van der Waals surface area contributed by atoms with Crippen molar-refractivity contribution in [1.29, 1.82) is 0 Å². The highest BCUT2D eigenvalue weighted by Gasteiger charge is 1.85. The lowest BCUT2D eigenvalue weighted by molar-refractivity contribution is -0.118. The van der Waals surface area contributed by atoms with Crippen LogP contribution in [-0.2, 0) is 4.79 Å². The highest BCUT2D eigenvalue weighted by molar-refractivity contribution is 5.73. The molecule has 0 radical (unpaired) electrons. The molecule has 0 aliphatic heterocycles. The minimum absolute atomic E-state index is 0.00821. The predicted octanol–water partition coefficient (Wildman–Crippen LogP) is 1.16. The van der Waals surface area contributed by atoms with E-state index >= 15 is 0 Å². The lowest BCUT2D eigenvalue weighted by atomic mass is 10.4. The number of nitrogens with one attached hydrogen (secondary N) is 2. The van der Waals surface area contributed by atoms with Crippen LogP contribution in [0.25, 0.3) is 6.08 Å². The number of rotatable bonds is 3. The van der Waals surface area contributed by atoms with Gasteiger partial charge in [0, 0.05) is 25.4 Å². The zero-order chi connectivity index (χ0) is 8.81. The van der Waals surface area contributed by atoms with Gasteiger partial charge in [0.2, 0.25) is 5.91 Å². The maximum Gasteiger partial charge on any atom is 0.217 e. The van der Waals surface area contributed by atoms with Crippen molar-refractivity contribution in [1.82, 2.24) is 10.3 Å². The fourth-order valence-electron chi connectivity index (χ4n) is 0.836. The van der Waals surface area contributed by atoms with E-state index in [0.29, 0.717) is 6.54 Å². The van der Waals surface area contributed by atoms with Crippen molar-refractivity contribution >= 4 is 12.0 Å². The van der Waals surface area contributed by atoms with Crippen LogP contribution >= 0.6 is 0 Å². The summed E-state index contributed by atoms with van der Waals surface area (Å²) in [6.45, 7) is 2.08. The van der Waals surface area contributed by atoms with Gasteiger partial charge in [-0.1, -0.05) is 6.08 Å². The summed E-state index contributed by atoms with van der Waals surface area (Å²) in [4.78, 5) is 13.5. The zero-order valence-corrected chi connectivity index (χ0v) is 7.00. The van der Waals surface area contributed by atoms with Gasteiger partial charge in [-0.25, -0.2) is 0 Å². The summed E-state index contributed by atoms with van der Waals surface area (Å²) < 4.78 is 0. The van der Waals surface area contributed by atoms with Gasteiger partial charge in [-0.15, -0.1) is 0 Å². The first-order valence-corrected chi connectivity index (χ1v) is 3.83. The topological polar surface area (TPSA) is 44.9 Å². The van der Waals surface area contributed by atoms with Gasteiger partial charge in [-0.2, -0.15) is 0 Å². The van der Waals surface area contributed by atoms with E-state index in [-0.39, 0.29) is 5.91 Å². The average Bonchev–Trinajstić information content (AvgIpc) is 2.49. The van der Waals surface area contributed by atoms with Crippen LogP contribution in [0.15, 0.2) is 24.4 Å². The van der Waals surface area contributed by atoms with E-state index in [1.54, 1.807) is 0 Å². The summed E-state index contributed by atoms with van der Waals surface area (Å²) in [7, 11) is 0. The van der Waals surface area contributed by atoms with Crippen molar-refractivity contribution < 1.29 is 4.79 Å². The standard InChI is InChI=1S/C9H12N2O/c1-8(12)10-6-2-4-9-5-3-7-11-9/h2-5,7,11H,6H2,1H3,(H,10,12). The maximum absolute atomic E-state index is 10.5. The molecule has 0 spiro atoms. The number of carbonyl (C=O) groups excluding carboxylic acids is 1. The normalized spacial score (nSPS) is 10.4. The molecule has 12 heavy (non-hydrogen) atoms. The minimum Gasteiger partial charge on any atom is -0.362 e. The molecule has 2 N–H and O–H groups in total. The molecule has 0 aliphatic rings. The van der Waals surface area contributed by atoms with Crippen molar-refractivity contribution in [2.75, 3.05) is 6.54 Å². The summed E-state index contributed by atoms with van der Waals surface area (Å²) >= 11 is 0. The number of aromatic nitrogens is 1. The van der Waals surface area contributed by atoms with Gasteiger partial charge in [-0.3, -0.25) is 4.79 Å². The summed E-state index contributed by atoms with van der Waals surface area (Å²) in [5.74, 6) is -0.00821. The van der Waals surface area contributed by atoms with Gasteiger partial charge in [0.1, 0.15) is 0 Å². The van der Waals surface area contributed by atoms with E-state index < -0.39 is 0 Å². The highest BCUT2D eigenvalue weighted by Crippen LogP contribution is 1.95. The molecule has 0 bridgehead atoms. The molecule has 1 amide bonds. The van der Waals surface area contributed by atoms with E-state index in [1.165, 1.54) is 6.92 Å². The fourth-order valence-corrected chi connectivity index (χ4v) is 0.836. The number of carbonyl (C=O) groups is 1. The maximum atomic E-state index is 10.5. The van der Waals surface area contributed by atoms with Crippen molar-refractivity contribution in [3.8, 4) is 0 Å². The fraction of sp³-hybridized carbons (Fsp3) is 0.222. The third-order valence-corrected chi connectivity index (χ3v) is 1.39. The number of amides is 1. The third kappa shape index (κ3) is 3.05. The summed E-state index contributed by atoms with van der Waals surface area (Å²) in [6, 6.07) is 3.89. The van der Waals surface area contributed by atoms with Gasteiger partial charge in [0.05, 0.1) is 0 Å². The first-order valence-electron chi connectivity index (χ1n) is 3.83. The van der Waals surface area contributed by atoms with E-state index in [0.717, 1.165) is 5.69 Å². The van der Waals surface area contributed by atoms with Gasteiger partial charge in [0.25, 0.3) is 0 Å². The number of hydrogen-bond donors (Lipinski definition) is 2. The van der Waals surface area contributed by atoms with E-state index in [2.05, 4.69) is 10.3 Å². The molecule has 3 nitrogen and oxygen atoms in total. The lowest BCUT2D eigenvalue weighted by Gasteiger charge is -1.93. The molecule has 0 fully saturated rings. The van der Waals surface area contributed by atoms with Gasteiger partial charge in [-0.05, 0) is 18.2 Å². The van der Waals surface area contributed by atoms with Crippen LogP contribution in [-0.4, -0.2) is 17.4 Å². The Labute approximate surface area is 71.5 Å². The van der Waals surface area contributed by atoms with Crippen molar-refractivity contribution in [3.05, 3.63) is 30.1 Å². The van der Waals surface area contributed by atoms with Crippen LogP contribution in [0.4, 0.5) is 0 Å². The first-order chi connectivity index (χ1) is 5.79. The molecule has 3 heteroatoms. The molecule has 0 atom stereocenters. The number of aromatic amines is 1. The monoisotopic (exact) mass is 164 g/mol. The molecule has 0 aliphatic carbocycles. The van der Waals surface area contributed by atoms with Crippen LogP contribution < -0.4 is 5.32 Å². The Bertz CT molecular complexity index is 262. The quantitative estimate of drug-likeness (QED) is 0.692. The second-order valence-electron chi connectivity index (χ2n) is 2.46. The minimum atomic E-state index is -0.00821. The number of H-pyrrole nitrogens is 1. The summed E-state index contributed by atoms with van der Waals surface area (Å²) in [5.41, 5.74) is 1.04. The Hall–Kier alpha value is -1.51. The van der Waals surface area contributed by atoms with E-state index in [4.69, 9.17) is 0 Å². The predicted molar refractivity (Wildman–Crippen MR) is 48.5 cm³/mol. The zero-order valence-electron chi connectivity index (χ0n) is 7.00. The molecular formula is C9H12N2O. The third-order valence-electron chi connectivity index (χ3n) is 1.39. The Kier molecular flexibility index (Phi) is 3.14. The molecule has 0 saturated heterocycles. The van der Waals surface area contributed by atoms with Crippen molar-refractivity contribution in [3.63, 3.8) is 0 Å². The molecule has 0 saturated carbocycles. The number of hydrogen-bond acceptors (Lipinski definition) is 1. The SMILES string of the molecule is CC(=O)NCC=Cc1ccc[nH]1. The van der Waals surface area contributed by atoms with Gasteiger partial charge < -0.3 is 10.3 Å². The van der Waals surface area contributed by atoms with E-state index in [1.807, 2.05) is 30.5 Å². The second-order valence-corrected chi connectivity index (χ2v) is 2.46. The highest BCUT2D eigenvalue weighted by atomic mass is 16.1. The molecule has 64 valence electrons. The summed E-state index contributed by atoms with van der Waals surface area (Å²) in [6.07, 6.45) is 5.68. The molecular weight excluding hydrogens is 152 g/mol.